The van der Waals surface area contributed by atoms with Gasteiger partial charge in [-0.3, -0.25) is 0 Å². The van der Waals surface area contributed by atoms with Gasteiger partial charge in [-0.2, -0.15) is 0 Å². The lowest BCUT2D eigenvalue weighted by Gasteiger charge is -2.04. The fraction of sp³-hybridized carbons (Fsp3) is 0.385. The summed E-state index contributed by atoms with van der Waals surface area (Å²) in [6, 6.07) is 8.36. The van der Waals surface area contributed by atoms with Crippen molar-refractivity contribution in [3.8, 4) is 11.3 Å². The Labute approximate surface area is 111 Å². The monoisotopic (exact) mass is 263 g/mol. The van der Waals surface area contributed by atoms with Crippen molar-refractivity contribution >= 4 is 11.5 Å². The predicted molar refractivity (Wildman–Crippen MR) is 73.7 cm³/mol. The fourth-order valence-corrected chi connectivity index (χ4v) is 2.26. The van der Waals surface area contributed by atoms with Crippen molar-refractivity contribution < 1.29 is 4.74 Å². The van der Waals surface area contributed by atoms with E-state index in [1.54, 1.807) is 7.11 Å². The Morgan fingerprint density at radius 3 is 2.78 bits per heavy atom. The third-order valence-corrected chi connectivity index (χ3v) is 3.37. The number of hydrogen-bond donors (Lipinski definition) is 1. The minimum absolute atomic E-state index is 0.714. The van der Waals surface area contributed by atoms with E-state index >= 15 is 0 Å². The first kappa shape index (κ1) is 13.1. The van der Waals surface area contributed by atoms with Crippen LogP contribution in [0.1, 0.15) is 10.4 Å². The first-order valence-electron chi connectivity index (χ1n) is 5.89. The van der Waals surface area contributed by atoms with Crippen LogP contribution in [0.5, 0.6) is 0 Å². The predicted octanol–water partition coefficient (Wildman–Crippen LogP) is 2.25. The zero-order valence-electron chi connectivity index (χ0n) is 10.6. The summed E-state index contributed by atoms with van der Waals surface area (Å²) >= 11 is 1.44. The van der Waals surface area contributed by atoms with Gasteiger partial charge in [0, 0.05) is 25.8 Å². The second-order valence-corrected chi connectivity index (χ2v) is 4.92. The number of methoxy groups -OCH3 is 1. The van der Waals surface area contributed by atoms with Gasteiger partial charge in [0.05, 0.1) is 11.5 Å². The Morgan fingerprint density at radius 2 is 2.06 bits per heavy atom. The van der Waals surface area contributed by atoms with E-state index in [2.05, 4.69) is 46.1 Å². The van der Waals surface area contributed by atoms with Crippen LogP contribution in [0.4, 0.5) is 0 Å². The lowest BCUT2D eigenvalue weighted by atomic mass is 10.1. The number of ether oxygens (including phenoxy) is 1. The van der Waals surface area contributed by atoms with Crippen LogP contribution in [0.15, 0.2) is 24.3 Å². The second-order valence-electron chi connectivity index (χ2n) is 4.08. The first-order valence-corrected chi connectivity index (χ1v) is 6.66. The molecule has 5 heteroatoms. The third kappa shape index (κ3) is 3.35. The van der Waals surface area contributed by atoms with E-state index in [0.29, 0.717) is 6.61 Å². The summed E-state index contributed by atoms with van der Waals surface area (Å²) in [7, 11) is 1.70. The van der Waals surface area contributed by atoms with Crippen LogP contribution in [-0.4, -0.2) is 29.8 Å². The molecule has 0 unspecified atom stereocenters. The molecule has 1 aromatic heterocycles. The van der Waals surface area contributed by atoms with Gasteiger partial charge in [-0.25, -0.2) is 0 Å². The number of nitrogens with one attached hydrogen (secondary N) is 1. The van der Waals surface area contributed by atoms with Gasteiger partial charge in [-0.1, -0.05) is 34.3 Å². The smallest absolute Gasteiger partial charge is 0.110 e. The maximum atomic E-state index is 5.00. The van der Waals surface area contributed by atoms with E-state index in [9.17, 15) is 0 Å². The highest BCUT2D eigenvalue weighted by atomic mass is 32.1. The molecular weight excluding hydrogens is 246 g/mol. The molecule has 0 aliphatic rings. The molecular formula is C13H17N3OS. The SMILES string of the molecule is COCCNCc1snnc1-c1ccc(C)cc1. The van der Waals surface area contributed by atoms with Gasteiger partial charge in [0.2, 0.25) is 0 Å². The summed E-state index contributed by atoms with van der Waals surface area (Å²) in [6.07, 6.45) is 0. The van der Waals surface area contributed by atoms with Crippen LogP contribution < -0.4 is 5.32 Å². The average molecular weight is 263 g/mol. The Morgan fingerprint density at radius 1 is 1.28 bits per heavy atom. The molecule has 0 saturated carbocycles. The Balaban J connectivity index is 2.05. The van der Waals surface area contributed by atoms with Crippen LogP contribution in [0, 0.1) is 6.92 Å². The van der Waals surface area contributed by atoms with Gasteiger partial charge in [0.1, 0.15) is 5.69 Å². The largest absolute Gasteiger partial charge is 0.383 e. The van der Waals surface area contributed by atoms with Gasteiger partial charge < -0.3 is 10.1 Å². The Hall–Kier alpha value is -1.30. The molecule has 0 aliphatic heterocycles. The van der Waals surface area contributed by atoms with Gasteiger partial charge in [0.25, 0.3) is 0 Å². The second kappa shape index (κ2) is 6.58. The molecule has 2 aromatic rings. The summed E-state index contributed by atoms with van der Waals surface area (Å²) in [5, 5.41) is 7.53. The van der Waals surface area contributed by atoms with Crippen LogP contribution in [-0.2, 0) is 11.3 Å². The molecule has 0 radical (unpaired) electrons. The molecule has 2 rings (SSSR count). The van der Waals surface area contributed by atoms with E-state index in [1.807, 2.05) is 0 Å². The molecule has 1 heterocycles. The lowest BCUT2D eigenvalue weighted by molar-refractivity contribution is 0.199. The van der Waals surface area contributed by atoms with Crippen molar-refractivity contribution in [1.29, 1.82) is 0 Å². The van der Waals surface area contributed by atoms with Crippen molar-refractivity contribution in [2.24, 2.45) is 0 Å². The standard InChI is InChI=1S/C13H17N3OS/c1-10-3-5-11(6-4-10)13-12(18-16-15-13)9-14-7-8-17-2/h3-6,14H,7-9H2,1-2H3. The van der Waals surface area contributed by atoms with E-state index in [-0.39, 0.29) is 0 Å². The molecule has 0 amide bonds. The Kier molecular flexibility index (Phi) is 4.81. The zero-order chi connectivity index (χ0) is 12.8. The zero-order valence-corrected chi connectivity index (χ0v) is 11.5. The highest BCUT2D eigenvalue weighted by Gasteiger charge is 2.09. The van der Waals surface area contributed by atoms with E-state index in [4.69, 9.17) is 4.74 Å². The fourth-order valence-electron chi connectivity index (χ4n) is 1.63. The van der Waals surface area contributed by atoms with Crippen LogP contribution in [0.3, 0.4) is 0 Å². The number of hydrogen-bond acceptors (Lipinski definition) is 5. The maximum absolute atomic E-state index is 5.00. The molecule has 96 valence electrons. The normalized spacial score (nSPS) is 10.8. The third-order valence-electron chi connectivity index (χ3n) is 2.65. The molecule has 0 fully saturated rings. The summed E-state index contributed by atoms with van der Waals surface area (Å²) in [5.74, 6) is 0. The summed E-state index contributed by atoms with van der Waals surface area (Å²) in [4.78, 5) is 1.16. The molecule has 0 aliphatic carbocycles. The molecule has 0 saturated heterocycles. The maximum Gasteiger partial charge on any atom is 0.110 e. The average Bonchev–Trinajstić information content (AvgIpc) is 2.84. The molecule has 0 bridgehead atoms. The van der Waals surface area contributed by atoms with E-state index < -0.39 is 0 Å². The van der Waals surface area contributed by atoms with Crippen molar-refractivity contribution in [3.63, 3.8) is 0 Å². The first-order chi connectivity index (χ1) is 8.81. The topological polar surface area (TPSA) is 47.0 Å². The number of aryl methyl sites for hydroxylation is 1. The van der Waals surface area contributed by atoms with E-state index in [1.165, 1.54) is 17.1 Å². The number of rotatable bonds is 6. The van der Waals surface area contributed by atoms with Gasteiger partial charge in [-0.05, 0) is 18.5 Å². The van der Waals surface area contributed by atoms with Crippen molar-refractivity contribution in [3.05, 3.63) is 34.7 Å². The van der Waals surface area contributed by atoms with Crippen molar-refractivity contribution in [2.45, 2.75) is 13.5 Å². The number of nitrogens with zero attached hydrogens (tertiary/aromatic N) is 2. The summed E-state index contributed by atoms with van der Waals surface area (Å²) in [5.41, 5.74) is 3.35. The Bertz CT molecular complexity index is 481. The van der Waals surface area contributed by atoms with Crippen molar-refractivity contribution in [2.75, 3.05) is 20.3 Å². The van der Waals surface area contributed by atoms with Crippen LogP contribution in [0.25, 0.3) is 11.3 Å². The minimum atomic E-state index is 0.714. The summed E-state index contributed by atoms with van der Waals surface area (Å²) in [6.45, 7) is 4.41. The molecule has 0 spiro atoms. The molecule has 1 aromatic carbocycles. The van der Waals surface area contributed by atoms with Crippen molar-refractivity contribution in [1.82, 2.24) is 14.9 Å². The molecule has 0 atom stereocenters. The molecule has 4 nitrogen and oxygen atoms in total. The van der Waals surface area contributed by atoms with Crippen LogP contribution in [0.2, 0.25) is 0 Å². The summed E-state index contributed by atoms with van der Waals surface area (Å²) < 4.78 is 9.04. The van der Waals surface area contributed by atoms with Gasteiger partial charge in [-0.15, -0.1) is 5.10 Å². The molecule has 18 heavy (non-hydrogen) atoms. The number of benzene rings is 1. The van der Waals surface area contributed by atoms with Crippen LogP contribution >= 0.6 is 11.5 Å². The molecule has 1 N–H and O–H groups in total. The van der Waals surface area contributed by atoms with E-state index in [0.717, 1.165) is 29.2 Å². The van der Waals surface area contributed by atoms with Gasteiger partial charge >= 0.3 is 0 Å². The number of aromatic nitrogens is 2. The lowest BCUT2D eigenvalue weighted by Crippen LogP contribution is -2.18. The quantitative estimate of drug-likeness (QED) is 0.812. The highest BCUT2D eigenvalue weighted by Crippen LogP contribution is 2.23. The highest BCUT2D eigenvalue weighted by molar-refractivity contribution is 7.05. The van der Waals surface area contributed by atoms with Gasteiger partial charge in [0.15, 0.2) is 0 Å². The minimum Gasteiger partial charge on any atom is -0.383 e.